The Morgan fingerprint density at radius 1 is 1.33 bits per heavy atom. The molecule has 0 radical (unpaired) electrons. The maximum atomic E-state index is 6.11. The van der Waals surface area contributed by atoms with Crippen molar-refractivity contribution in [1.82, 2.24) is 9.88 Å². The van der Waals surface area contributed by atoms with Gasteiger partial charge in [0.2, 0.25) is 0 Å². The third-order valence-electron chi connectivity index (χ3n) is 3.90. The van der Waals surface area contributed by atoms with Gasteiger partial charge in [-0.05, 0) is 37.9 Å². The van der Waals surface area contributed by atoms with Gasteiger partial charge >= 0.3 is 0 Å². The molecule has 0 saturated heterocycles. The number of ether oxygens (including phenoxy) is 1. The summed E-state index contributed by atoms with van der Waals surface area (Å²) in [6, 6.07) is 9.98. The zero-order valence-electron chi connectivity index (χ0n) is 12.6. The van der Waals surface area contributed by atoms with E-state index in [1.165, 1.54) is 12.8 Å². The lowest BCUT2D eigenvalue weighted by Gasteiger charge is -2.17. The van der Waals surface area contributed by atoms with E-state index < -0.39 is 0 Å². The van der Waals surface area contributed by atoms with Gasteiger partial charge in [0.15, 0.2) is 0 Å². The normalized spacial score (nSPS) is 15.0. The SMILES string of the molecule is CN(CCOCC1CC1)Cc1cc(N)c2ccccc2n1. The maximum Gasteiger partial charge on any atom is 0.0726 e. The van der Waals surface area contributed by atoms with Crippen LogP contribution < -0.4 is 5.73 Å². The van der Waals surface area contributed by atoms with Crippen LogP contribution in [0.1, 0.15) is 18.5 Å². The predicted octanol–water partition coefficient (Wildman–Crippen LogP) is 2.68. The quantitative estimate of drug-likeness (QED) is 0.795. The smallest absolute Gasteiger partial charge is 0.0726 e. The van der Waals surface area contributed by atoms with E-state index in [1.807, 2.05) is 30.3 Å². The van der Waals surface area contributed by atoms with E-state index in [0.29, 0.717) is 0 Å². The largest absolute Gasteiger partial charge is 0.398 e. The molecule has 1 aliphatic carbocycles. The van der Waals surface area contributed by atoms with Crippen LogP contribution in [0.25, 0.3) is 10.9 Å². The Bertz CT molecular complexity index is 610. The average molecular weight is 285 g/mol. The van der Waals surface area contributed by atoms with Crippen molar-refractivity contribution in [2.75, 3.05) is 32.5 Å². The molecule has 112 valence electrons. The first-order valence-electron chi connectivity index (χ1n) is 7.63. The number of likely N-dealkylation sites (N-methyl/N-ethyl adjacent to an activating group) is 1. The number of nitrogen functional groups attached to an aromatic ring is 1. The lowest BCUT2D eigenvalue weighted by atomic mass is 10.1. The number of para-hydroxylation sites is 1. The van der Waals surface area contributed by atoms with Crippen LogP contribution in [0.15, 0.2) is 30.3 Å². The summed E-state index contributed by atoms with van der Waals surface area (Å²) in [5.41, 5.74) is 8.89. The van der Waals surface area contributed by atoms with Crippen molar-refractivity contribution in [3.8, 4) is 0 Å². The summed E-state index contributed by atoms with van der Waals surface area (Å²) in [7, 11) is 2.09. The summed E-state index contributed by atoms with van der Waals surface area (Å²) in [6.45, 7) is 3.42. The number of pyridine rings is 1. The van der Waals surface area contributed by atoms with E-state index in [1.54, 1.807) is 0 Å². The highest BCUT2D eigenvalue weighted by Crippen LogP contribution is 2.28. The molecule has 0 aliphatic heterocycles. The van der Waals surface area contributed by atoms with Crippen LogP contribution in [0.3, 0.4) is 0 Å². The number of fused-ring (bicyclic) bond motifs is 1. The van der Waals surface area contributed by atoms with E-state index in [0.717, 1.165) is 54.5 Å². The van der Waals surface area contributed by atoms with Crippen LogP contribution in [-0.2, 0) is 11.3 Å². The minimum absolute atomic E-state index is 0.788. The van der Waals surface area contributed by atoms with Crippen molar-refractivity contribution in [1.29, 1.82) is 0 Å². The second-order valence-corrected chi connectivity index (χ2v) is 5.98. The molecule has 3 rings (SSSR count). The molecule has 4 heteroatoms. The van der Waals surface area contributed by atoms with Gasteiger partial charge in [-0.2, -0.15) is 0 Å². The fourth-order valence-electron chi connectivity index (χ4n) is 2.45. The number of hydrogen-bond donors (Lipinski definition) is 1. The van der Waals surface area contributed by atoms with Crippen LogP contribution >= 0.6 is 0 Å². The molecule has 21 heavy (non-hydrogen) atoms. The van der Waals surface area contributed by atoms with Crippen LogP contribution in [-0.4, -0.2) is 36.7 Å². The standard InChI is InChI=1S/C17H23N3O/c1-20(8-9-21-12-13-6-7-13)11-14-10-16(18)15-4-2-3-5-17(15)19-14/h2-5,10,13H,6-9,11-12H2,1H3,(H2,18,19). The van der Waals surface area contributed by atoms with Gasteiger partial charge in [0.25, 0.3) is 0 Å². The molecule has 1 aromatic carbocycles. The topological polar surface area (TPSA) is 51.4 Å². The second kappa shape index (κ2) is 6.41. The Hall–Kier alpha value is -1.65. The predicted molar refractivity (Wildman–Crippen MR) is 86.0 cm³/mol. The highest BCUT2D eigenvalue weighted by molar-refractivity contribution is 5.90. The van der Waals surface area contributed by atoms with Gasteiger partial charge in [-0.15, -0.1) is 0 Å². The fraction of sp³-hybridized carbons (Fsp3) is 0.471. The molecule has 1 aliphatic rings. The summed E-state index contributed by atoms with van der Waals surface area (Å²) >= 11 is 0. The van der Waals surface area contributed by atoms with Gasteiger partial charge in [-0.1, -0.05) is 18.2 Å². The van der Waals surface area contributed by atoms with Crippen molar-refractivity contribution in [2.24, 2.45) is 5.92 Å². The van der Waals surface area contributed by atoms with Gasteiger partial charge in [-0.25, -0.2) is 0 Å². The highest BCUT2D eigenvalue weighted by Gasteiger charge is 2.20. The number of rotatable bonds is 7. The summed E-state index contributed by atoms with van der Waals surface area (Å²) in [5, 5.41) is 1.02. The number of anilines is 1. The Balaban J connectivity index is 1.55. The van der Waals surface area contributed by atoms with Gasteiger partial charge in [0, 0.05) is 30.8 Å². The van der Waals surface area contributed by atoms with E-state index in [2.05, 4.69) is 16.9 Å². The molecule has 2 aromatic rings. The zero-order valence-corrected chi connectivity index (χ0v) is 12.6. The van der Waals surface area contributed by atoms with Crippen molar-refractivity contribution in [3.63, 3.8) is 0 Å². The lowest BCUT2D eigenvalue weighted by Crippen LogP contribution is -2.23. The number of nitrogens with zero attached hydrogens (tertiary/aromatic N) is 2. The first kappa shape index (κ1) is 14.3. The molecule has 0 bridgehead atoms. The number of nitrogens with two attached hydrogens (primary N) is 1. The maximum absolute atomic E-state index is 6.11. The number of hydrogen-bond acceptors (Lipinski definition) is 4. The van der Waals surface area contributed by atoms with Crippen molar-refractivity contribution < 1.29 is 4.74 Å². The molecule has 0 spiro atoms. The molecule has 0 atom stereocenters. The van der Waals surface area contributed by atoms with Gasteiger partial charge in [-0.3, -0.25) is 9.88 Å². The molecule has 2 N–H and O–H groups in total. The van der Waals surface area contributed by atoms with Crippen molar-refractivity contribution in [2.45, 2.75) is 19.4 Å². The first-order chi connectivity index (χ1) is 10.2. The number of benzene rings is 1. The molecule has 0 amide bonds. The number of aromatic nitrogens is 1. The third-order valence-corrected chi connectivity index (χ3v) is 3.90. The van der Waals surface area contributed by atoms with Crippen molar-refractivity contribution in [3.05, 3.63) is 36.0 Å². The van der Waals surface area contributed by atoms with Crippen LogP contribution in [0.2, 0.25) is 0 Å². The minimum Gasteiger partial charge on any atom is -0.398 e. The summed E-state index contributed by atoms with van der Waals surface area (Å²) in [5.74, 6) is 0.831. The van der Waals surface area contributed by atoms with Gasteiger partial charge < -0.3 is 10.5 Å². The van der Waals surface area contributed by atoms with Crippen LogP contribution in [0.5, 0.6) is 0 Å². The molecule has 1 heterocycles. The molecule has 1 saturated carbocycles. The van der Waals surface area contributed by atoms with E-state index in [-0.39, 0.29) is 0 Å². The Morgan fingerprint density at radius 2 is 2.14 bits per heavy atom. The molecule has 1 aromatic heterocycles. The first-order valence-corrected chi connectivity index (χ1v) is 7.63. The molecular formula is C17H23N3O. The average Bonchev–Trinajstić information content (AvgIpc) is 3.28. The van der Waals surface area contributed by atoms with Gasteiger partial charge in [0.1, 0.15) is 0 Å². The monoisotopic (exact) mass is 285 g/mol. The zero-order chi connectivity index (χ0) is 14.7. The Kier molecular flexibility index (Phi) is 4.36. The minimum atomic E-state index is 0.788. The summed E-state index contributed by atoms with van der Waals surface area (Å²) in [4.78, 5) is 6.91. The van der Waals surface area contributed by atoms with E-state index in [9.17, 15) is 0 Å². The summed E-state index contributed by atoms with van der Waals surface area (Å²) < 4.78 is 5.67. The molecule has 4 nitrogen and oxygen atoms in total. The Labute approximate surface area is 125 Å². The molecular weight excluding hydrogens is 262 g/mol. The molecule has 0 unspecified atom stereocenters. The second-order valence-electron chi connectivity index (χ2n) is 5.98. The van der Waals surface area contributed by atoms with Crippen molar-refractivity contribution >= 4 is 16.6 Å². The van der Waals surface area contributed by atoms with Gasteiger partial charge in [0.05, 0.1) is 17.8 Å². The van der Waals surface area contributed by atoms with Crippen LogP contribution in [0.4, 0.5) is 5.69 Å². The van der Waals surface area contributed by atoms with E-state index >= 15 is 0 Å². The third kappa shape index (κ3) is 3.93. The summed E-state index contributed by atoms with van der Waals surface area (Å²) in [6.07, 6.45) is 2.69. The lowest BCUT2D eigenvalue weighted by molar-refractivity contribution is 0.101. The fourth-order valence-corrected chi connectivity index (χ4v) is 2.45. The van der Waals surface area contributed by atoms with E-state index in [4.69, 9.17) is 10.5 Å². The Morgan fingerprint density at radius 3 is 2.95 bits per heavy atom. The molecule has 1 fully saturated rings. The van der Waals surface area contributed by atoms with Crippen LogP contribution in [0, 0.1) is 5.92 Å². The highest BCUT2D eigenvalue weighted by atomic mass is 16.5.